The van der Waals surface area contributed by atoms with Crippen LogP contribution in [0.15, 0.2) is 23.0 Å². The van der Waals surface area contributed by atoms with Crippen LogP contribution < -0.4 is 25.5 Å². The molecular weight excluding hydrogens is 286 g/mol. The molecule has 1 aromatic carbocycles. The molecule has 0 saturated carbocycles. The summed E-state index contributed by atoms with van der Waals surface area (Å²) >= 11 is 0. The van der Waals surface area contributed by atoms with Gasteiger partial charge in [-0.25, -0.2) is 5.10 Å². The van der Waals surface area contributed by atoms with Crippen LogP contribution in [0.5, 0.6) is 17.2 Å². The van der Waals surface area contributed by atoms with E-state index in [4.69, 9.17) is 19.9 Å². The number of aromatic nitrogens is 2. The molecule has 7 heteroatoms. The van der Waals surface area contributed by atoms with Gasteiger partial charge in [-0.3, -0.25) is 4.79 Å². The first-order chi connectivity index (χ1) is 10.5. The molecule has 1 unspecified atom stereocenters. The molecular formula is C15H19N3O4. The molecule has 22 heavy (non-hydrogen) atoms. The second-order valence-corrected chi connectivity index (χ2v) is 4.70. The van der Waals surface area contributed by atoms with Gasteiger partial charge in [0.05, 0.1) is 33.1 Å². The average molecular weight is 305 g/mol. The molecule has 1 atom stereocenters. The highest BCUT2D eigenvalue weighted by molar-refractivity contribution is 5.57. The smallest absolute Gasteiger partial charge is 0.269 e. The summed E-state index contributed by atoms with van der Waals surface area (Å²) in [6.07, 6.45) is 0. The highest BCUT2D eigenvalue weighted by Gasteiger charge is 2.23. The minimum atomic E-state index is -0.680. The molecule has 0 spiro atoms. The van der Waals surface area contributed by atoms with E-state index in [0.717, 1.165) is 0 Å². The van der Waals surface area contributed by atoms with E-state index >= 15 is 0 Å². The van der Waals surface area contributed by atoms with E-state index in [-0.39, 0.29) is 5.56 Å². The fourth-order valence-electron chi connectivity index (χ4n) is 2.29. The molecule has 0 amide bonds. The van der Waals surface area contributed by atoms with Crippen molar-refractivity contribution in [3.8, 4) is 17.2 Å². The normalized spacial score (nSPS) is 11.9. The Hall–Kier alpha value is -2.54. The lowest BCUT2D eigenvalue weighted by atomic mass is 9.99. The number of aryl methyl sites for hydroxylation is 1. The summed E-state index contributed by atoms with van der Waals surface area (Å²) in [6, 6.07) is 4.44. The van der Waals surface area contributed by atoms with Gasteiger partial charge in [0.25, 0.3) is 5.56 Å². The van der Waals surface area contributed by atoms with Gasteiger partial charge >= 0.3 is 0 Å². The first-order valence-electron chi connectivity index (χ1n) is 6.64. The van der Waals surface area contributed by atoms with Gasteiger partial charge in [0.2, 0.25) is 5.75 Å². The van der Waals surface area contributed by atoms with Gasteiger partial charge < -0.3 is 19.9 Å². The van der Waals surface area contributed by atoms with Gasteiger partial charge in [-0.1, -0.05) is 0 Å². The number of nitrogens with one attached hydrogen (secondary N) is 1. The van der Waals surface area contributed by atoms with Gasteiger partial charge in [0, 0.05) is 11.1 Å². The first-order valence-corrected chi connectivity index (χ1v) is 6.64. The lowest BCUT2D eigenvalue weighted by Gasteiger charge is -2.19. The van der Waals surface area contributed by atoms with Gasteiger partial charge in [-0.2, -0.15) is 5.10 Å². The van der Waals surface area contributed by atoms with Crippen molar-refractivity contribution in [1.82, 2.24) is 10.2 Å². The molecule has 0 fully saturated rings. The number of methoxy groups -OCH3 is 3. The summed E-state index contributed by atoms with van der Waals surface area (Å²) in [5.74, 6) is 1.39. The van der Waals surface area contributed by atoms with Crippen LogP contribution in [0.2, 0.25) is 0 Å². The molecule has 0 aliphatic rings. The van der Waals surface area contributed by atoms with Crippen LogP contribution in [0.1, 0.15) is 22.9 Å². The molecule has 1 heterocycles. The van der Waals surface area contributed by atoms with Gasteiger partial charge in [0.15, 0.2) is 11.5 Å². The minimum absolute atomic E-state index is 0.338. The van der Waals surface area contributed by atoms with E-state index in [1.807, 2.05) is 0 Å². The monoisotopic (exact) mass is 305 g/mol. The Morgan fingerprint density at radius 3 is 2.36 bits per heavy atom. The highest BCUT2D eigenvalue weighted by atomic mass is 16.5. The standard InChI is InChI=1S/C15H19N3O4/c1-8-7-10(15(19)18-17-8)12(16)9-5-6-11(20-2)14(22-4)13(9)21-3/h5-7,12H,16H2,1-4H3,(H,18,19). The Morgan fingerprint density at radius 2 is 1.77 bits per heavy atom. The van der Waals surface area contributed by atoms with Crippen LogP contribution in [0.3, 0.4) is 0 Å². The van der Waals surface area contributed by atoms with Crippen molar-refractivity contribution in [1.29, 1.82) is 0 Å². The van der Waals surface area contributed by atoms with Gasteiger partial charge in [-0.05, 0) is 25.1 Å². The summed E-state index contributed by atoms with van der Waals surface area (Å²) in [6.45, 7) is 1.78. The van der Waals surface area contributed by atoms with Crippen molar-refractivity contribution in [3.63, 3.8) is 0 Å². The van der Waals surface area contributed by atoms with Crippen LogP contribution in [-0.2, 0) is 0 Å². The zero-order valence-electron chi connectivity index (χ0n) is 13.0. The number of hydrogen-bond acceptors (Lipinski definition) is 6. The third kappa shape index (κ3) is 2.75. The number of nitrogens with zero attached hydrogens (tertiary/aromatic N) is 1. The topological polar surface area (TPSA) is 99.5 Å². The molecule has 0 bridgehead atoms. The second kappa shape index (κ2) is 6.48. The minimum Gasteiger partial charge on any atom is -0.493 e. The molecule has 1 aromatic heterocycles. The summed E-state index contributed by atoms with van der Waals surface area (Å²) in [7, 11) is 4.56. The summed E-state index contributed by atoms with van der Waals surface area (Å²) in [5, 5.41) is 6.28. The predicted molar refractivity (Wildman–Crippen MR) is 81.7 cm³/mol. The third-order valence-electron chi connectivity index (χ3n) is 3.37. The average Bonchev–Trinajstić information content (AvgIpc) is 2.54. The lowest BCUT2D eigenvalue weighted by molar-refractivity contribution is 0.321. The highest BCUT2D eigenvalue weighted by Crippen LogP contribution is 2.42. The Bertz CT molecular complexity index is 727. The van der Waals surface area contributed by atoms with Crippen molar-refractivity contribution < 1.29 is 14.2 Å². The number of rotatable bonds is 5. The van der Waals surface area contributed by atoms with Crippen molar-refractivity contribution in [3.05, 3.63) is 45.4 Å². The van der Waals surface area contributed by atoms with Crippen LogP contribution in [0.25, 0.3) is 0 Å². The molecule has 2 aromatic rings. The Kier molecular flexibility index (Phi) is 4.67. The maximum Gasteiger partial charge on any atom is 0.269 e. The molecule has 0 radical (unpaired) electrons. The fraction of sp³-hybridized carbons (Fsp3) is 0.333. The van der Waals surface area contributed by atoms with E-state index in [1.54, 1.807) is 25.1 Å². The number of nitrogens with two attached hydrogens (primary N) is 1. The molecule has 2 rings (SSSR count). The van der Waals surface area contributed by atoms with E-state index < -0.39 is 6.04 Å². The van der Waals surface area contributed by atoms with Crippen LogP contribution >= 0.6 is 0 Å². The van der Waals surface area contributed by atoms with Gasteiger partial charge in [-0.15, -0.1) is 0 Å². The zero-order valence-corrected chi connectivity index (χ0v) is 13.0. The van der Waals surface area contributed by atoms with E-state index in [2.05, 4.69) is 10.2 Å². The number of benzene rings is 1. The molecule has 3 N–H and O–H groups in total. The van der Waals surface area contributed by atoms with E-state index in [9.17, 15) is 4.79 Å². The SMILES string of the molecule is COc1ccc(C(N)c2cc(C)n[nH]c2=O)c(OC)c1OC. The van der Waals surface area contributed by atoms with E-state index in [1.165, 1.54) is 21.3 Å². The van der Waals surface area contributed by atoms with Crippen molar-refractivity contribution in [2.45, 2.75) is 13.0 Å². The number of ether oxygens (including phenoxy) is 3. The largest absolute Gasteiger partial charge is 0.493 e. The Labute approximate surface area is 128 Å². The summed E-state index contributed by atoms with van der Waals surface area (Å²) in [4.78, 5) is 12.0. The number of H-pyrrole nitrogens is 1. The molecule has 7 nitrogen and oxygen atoms in total. The van der Waals surface area contributed by atoms with Crippen LogP contribution in [-0.4, -0.2) is 31.5 Å². The molecule has 118 valence electrons. The number of hydrogen-bond donors (Lipinski definition) is 2. The maximum absolute atomic E-state index is 12.0. The quantitative estimate of drug-likeness (QED) is 0.859. The van der Waals surface area contributed by atoms with Crippen molar-refractivity contribution in [2.75, 3.05) is 21.3 Å². The van der Waals surface area contributed by atoms with Crippen LogP contribution in [0, 0.1) is 6.92 Å². The molecule has 0 saturated heterocycles. The lowest BCUT2D eigenvalue weighted by Crippen LogP contribution is -2.24. The van der Waals surface area contributed by atoms with Crippen molar-refractivity contribution in [2.24, 2.45) is 5.73 Å². The molecule has 0 aliphatic heterocycles. The number of aromatic amines is 1. The first kappa shape index (κ1) is 15.8. The molecule has 0 aliphatic carbocycles. The Morgan fingerprint density at radius 1 is 1.09 bits per heavy atom. The summed E-state index contributed by atoms with van der Waals surface area (Å²) in [5.41, 5.74) is 7.61. The third-order valence-corrected chi connectivity index (χ3v) is 3.37. The van der Waals surface area contributed by atoms with E-state index in [0.29, 0.717) is 34.1 Å². The Balaban J connectivity index is 2.61. The van der Waals surface area contributed by atoms with Crippen LogP contribution in [0.4, 0.5) is 0 Å². The zero-order chi connectivity index (χ0) is 16.3. The fourth-order valence-corrected chi connectivity index (χ4v) is 2.29. The summed E-state index contributed by atoms with van der Waals surface area (Å²) < 4.78 is 16.0. The maximum atomic E-state index is 12.0. The van der Waals surface area contributed by atoms with Crippen molar-refractivity contribution >= 4 is 0 Å². The second-order valence-electron chi connectivity index (χ2n) is 4.70. The van der Waals surface area contributed by atoms with Gasteiger partial charge in [0.1, 0.15) is 0 Å². The predicted octanol–water partition coefficient (Wildman–Crippen LogP) is 1.15.